The molecule has 0 aliphatic heterocycles. The maximum Gasteiger partial charge on any atom is 0.218 e. The van der Waals surface area contributed by atoms with Crippen LogP contribution < -0.4 is 10.1 Å². The van der Waals surface area contributed by atoms with E-state index in [0.29, 0.717) is 6.10 Å². The Morgan fingerprint density at radius 1 is 1.37 bits per heavy atom. The Hall–Kier alpha value is -0.610. The number of halogens is 1. The standard InChI is InChI=1S/C15H23BrN2O/c1-2-8-17-10-12-9-13(16)11-18-15(12)19-14-6-4-3-5-7-14/h9,11,14,17H,2-8,10H2,1H3. The van der Waals surface area contributed by atoms with Gasteiger partial charge in [-0.25, -0.2) is 4.98 Å². The van der Waals surface area contributed by atoms with Crippen molar-refractivity contribution in [3.63, 3.8) is 0 Å². The van der Waals surface area contributed by atoms with Gasteiger partial charge in [-0.15, -0.1) is 0 Å². The zero-order valence-electron chi connectivity index (χ0n) is 11.6. The Kier molecular flexibility index (Phi) is 6.11. The van der Waals surface area contributed by atoms with Gasteiger partial charge in [0, 0.05) is 22.8 Å². The number of hydrogen-bond donors (Lipinski definition) is 1. The molecule has 1 saturated carbocycles. The topological polar surface area (TPSA) is 34.2 Å². The molecule has 0 aromatic carbocycles. The van der Waals surface area contributed by atoms with Gasteiger partial charge in [-0.2, -0.15) is 0 Å². The lowest BCUT2D eigenvalue weighted by Crippen LogP contribution is -2.22. The van der Waals surface area contributed by atoms with E-state index in [4.69, 9.17) is 4.74 Å². The van der Waals surface area contributed by atoms with E-state index < -0.39 is 0 Å². The Balaban J connectivity index is 2.00. The van der Waals surface area contributed by atoms with E-state index in [0.717, 1.165) is 35.4 Å². The third-order valence-electron chi connectivity index (χ3n) is 3.46. The molecule has 1 aromatic heterocycles. The van der Waals surface area contributed by atoms with Gasteiger partial charge in [0.15, 0.2) is 0 Å². The van der Waals surface area contributed by atoms with Crippen molar-refractivity contribution in [2.45, 2.75) is 58.1 Å². The molecule has 1 aromatic rings. The van der Waals surface area contributed by atoms with Crippen molar-refractivity contribution in [2.24, 2.45) is 0 Å². The average molecular weight is 327 g/mol. The Bertz CT molecular complexity index is 392. The van der Waals surface area contributed by atoms with E-state index in [1.807, 2.05) is 6.20 Å². The van der Waals surface area contributed by atoms with Crippen LogP contribution in [0.15, 0.2) is 16.7 Å². The van der Waals surface area contributed by atoms with Crippen LogP contribution in [0.5, 0.6) is 5.88 Å². The fourth-order valence-corrected chi connectivity index (χ4v) is 2.82. The van der Waals surface area contributed by atoms with Crippen LogP contribution in [0, 0.1) is 0 Å². The van der Waals surface area contributed by atoms with Crippen molar-refractivity contribution >= 4 is 15.9 Å². The van der Waals surface area contributed by atoms with E-state index in [-0.39, 0.29) is 0 Å². The van der Waals surface area contributed by atoms with Crippen molar-refractivity contribution in [3.8, 4) is 5.88 Å². The molecule has 0 radical (unpaired) electrons. The van der Waals surface area contributed by atoms with Gasteiger partial charge in [-0.05, 0) is 60.6 Å². The zero-order valence-corrected chi connectivity index (χ0v) is 13.2. The normalized spacial score (nSPS) is 16.5. The molecule has 1 aliphatic rings. The SMILES string of the molecule is CCCNCc1cc(Br)cnc1OC1CCCCC1. The lowest BCUT2D eigenvalue weighted by Gasteiger charge is -2.23. The lowest BCUT2D eigenvalue weighted by atomic mass is 9.98. The first-order valence-electron chi connectivity index (χ1n) is 7.31. The highest BCUT2D eigenvalue weighted by atomic mass is 79.9. The van der Waals surface area contributed by atoms with Crippen LogP contribution in [-0.4, -0.2) is 17.6 Å². The molecule has 0 spiro atoms. The van der Waals surface area contributed by atoms with Crippen LogP contribution in [0.25, 0.3) is 0 Å². The monoisotopic (exact) mass is 326 g/mol. The molecule has 0 atom stereocenters. The number of ether oxygens (including phenoxy) is 1. The summed E-state index contributed by atoms with van der Waals surface area (Å²) in [5.41, 5.74) is 1.15. The third-order valence-corrected chi connectivity index (χ3v) is 3.90. The quantitative estimate of drug-likeness (QED) is 0.800. The van der Waals surface area contributed by atoms with Gasteiger partial charge in [-0.3, -0.25) is 0 Å². The molecule has 19 heavy (non-hydrogen) atoms. The van der Waals surface area contributed by atoms with Crippen LogP contribution in [0.3, 0.4) is 0 Å². The number of nitrogens with one attached hydrogen (secondary N) is 1. The molecule has 4 heteroatoms. The Morgan fingerprint density at radius 2 is 2.16 bits per heavy atom. The lowest BCUT2D eigenvalue weighted by molar-refractivity contribution is 0.147. The summed E-state index contributed by atoms with van der Waals surface area (Å²) in [5, 5.41) is 3.42. The van der Waals surface area contributed by atoms with Crippen LogP contribution >= 0.6 is 15.9 Å². The molecule has 0 unspecified atom stereocenters. The molecule has 2 rings (SSSR count). The van der Waals surface area contributed by atoms with Gasteiger partial charge < -0.3 is 10.1 Å². The van der Waals surface area contributed by atoms with Gasteiger partial charge >= 0.3 is 0 Å². The van der Waals surface area contributed by atoms with Crippen molar-refractivity contribution in [3.05, 3.63) is 22.3 Å². The minimum Gasteiger partial charge on any atom is -0.474 e. The Morgan fingerprint density at radius 3 is 2.89 bits per heavy atom. The summed E-state index contributed by atoms with van der Waals surface area (Å²) in [5.74, 6) is 0.804. The highest BCUT2D eigenvalue weighted by Crippen LogP contribution is 2.26. The molecule has 0 saturated heterocycles. The van der Waals surface area contributed by atoms with Crippen molar-refractivity contribution in [1.29, 1.82) is 0 Å². The Labute approximate surface area is 124 Å². The highest BCUT2D eigenvalue weighted by molar-refractivity contribution is 9.10. The fraction of sp³-hybridized carbons (Fsp3) is 0.667. The summed E-state index contributed by atoms with van der Waals surface area (Å²) >= 11 is 3.48. The summed E-state index contributed by atoms with van der Waals surface area (Å²) in [6, 6.07) is 2.10. The van der Waals surface area contributed by atoms with E-state index >= 15 is 0 Å². The summed E-state index contributed by atoms with van der Waals surface area (Å²) in [6.07, 6.45) is 9.56. The second kappa shape index (κ2) is 7.85. The maximum absolute atomic E-state index is 6.10. The predicted octanol–water partition coefficient (Wildman–Crippen LogP) is 4.06. The van der Waals surface area contributed by atoms with Gasteiger partial charge in [0.1, 0.15) is 6.10 Å². The second-order valence-corrected chi connectivity index (χ2v) is 6.09. The molecule has 106 valence electrons. The van der Waals surface area contributed by atoms with Crippen LogP contribution in [0.2, 0.25) is 0 Å². The molecule has 3 nitrogen and oxygen atoms in total. The summed E-state index contributed by atoms with van der Waals surface area (Å²) < 4.78 is 7.11. The van der Waals surface area contributed by atoms with E-state index in [1.165, 1.54) is 32.1 Å². The molecule has 1 fully saturated rings. The first-order chi connectivity index (χ1) is 9.29. The van der Waals surface area contributed by atoms with E-state index in [1.54, 1.807) is 0 Å². The summed E-state index contributed by atoms with van der Waals surface area (Å²) in [7, 11) is 0. The van der Waals surface area contributed by atoms with Gasteiger partial charge in [0.25, 0.3) is 0 Å². The molecule has 1 aliphatic carbocycles. The van der Waals surface area contributed by atoms with Crippen LogP contribution in [-0.2, 0) is 6.54 Å². The number of pyridine rings is 1. The fourth-order valence-electron chi connectivity index (χ4n) is 2.44. The van der Waals surface area contributed by atoms with Crippen LogP contribution in [0.1, 0.15) is 51.0 Å². The predicted molar refractivity (Wildman–Crippen MR) is 81.4 cm³/mol. The second-order valence-electron chi connectivity index (χ2n) is 5.17. The zero-order chi connectivity index (χ0) is 13.5. The molecule has 1 heterocycles. The maximum atomic E-state index is 6.10. The minimum absolute atomic E-state index is 0.354. The molecular weight excluding hydrogens is 304 g/mol. The van der Waals surface area contributed by atoms with Gasteiger partial charge in [-0.1, -0.05) is 13.3 Å². The number of nitrogens with zero attached hydrogens (tertiary/aromatic N) is 1. The minimum atomic E-state index is 0.354. The first-order valence-corrected chi connectivity index (χ1v) is 8.10. The third kappa shape index (κ3) is 4.77. The van der Waals surface area contributed by atoms with Crippen molar-refractivity contribution < 1.29 is 4.74 Å². The van der Waals surface area contributed by atoms with Gasteiger partial charge in [0.05, 0.1) is 0 Å². The molecule has 0 bridgehead atoms. The molecule has 0 amide bonds. The van der Waals surface area contributed by atoms with Crippen LogP contribution in [0.4, 0.5) is 0 Å². The smallest absolute Gasteiger partial charge is 0.218 e. The average Bonchev–Trinajstić information content (AvgIpc) is 2.43. The van der Waals surface area contributed by atoms with Gasteiger partial charge in [0.2, 0.25) is 5.88 Å². The first kappa shape index (κ1) is 14.8. The molecule has 1 N–H and O–H groups in total. The van der Waals surface area contributed by atoms with Crippen molar-refractivity contribution in [1.82, 2.24) is 10.3 Å². The summed E-state index contributed by atoms with van der Waals surface area (Å²) in [4.78, 5) is 4.44. The number of rotatable bonds is 6. The number of hydrogen-bond acceptors (Lipinski definition) is 3. The van der Waals surface area contributed by atoms with E-state index in [2.05, 4.69) is 39.2 Å². The van der Waals surface area contributed by atoms with Crippen molar-refractivity contribution in [2.75, 3.05) is 6.54 Å². The largest absolute Gasteiger partial charge is 0.474 e. The van der Waals surface area contributed by atoms with E-state index in [9.17, 15) is 0 Å². The number of aromatic nitrogens is 1. The highest BCUT2D eigenvalue weighted by Gasteiger charge is 2.17. The summed E-state index contributed by atoms with van der Waals surface area (Å²) in [6.45, 7) is 4.02. The molecular formula is C15H23BrN2O.